The van der Waals surface area contributed by atoms with Gasteiger partial charge in [0, 0.05) is 18.0 Å². The summed E-state index contributed by atoms with van der Waals surface area (Å²) in [6, 6.07) is -0.219. The van der Waals surface area contributed by atoms with Gasteiger partial charge in [0.2, 0.25) is 0 Å². The van der Waals surface area contributed by atoms with Crippen LogP contribution in [0.4, 0.5) is 0 Å². The first-order valence-corrected chi connectivity index (χ1v) is 8.12. The van der Waals surface area contributed by atoms with Gasteiger partial charge in [0.15, 0.2) is 9.84 Å². The monoisotopic (exact) mass is 293 g/mol. The van der Waals surface area contributed by atoms with Crippen molar-refractivity contribution in [3.63, 3.8) is 0 Å². The molecule has 6 nitrogen and oxygen atoms in total. The van der Waals surface area contributed by atoms with Gasteiger partial charge in [0.1, 0.15) is 0 Å². The second-order valence-corrected chi connectivity index (χ2v) is 6.75. The second-order valence-electron chi connectivity index (χ2n) is 4.82. The Morgan fingerprint density at radius 3 is 2.74 bits per heavy atom. The topological polar surface area (TPSA) is 84.9 Å². The molecule has 0 saturated carbocycles. The number of rotatable bonds is 9. The van der Waals surface area contributed by atoms with Crippen LogP contribution in [0.15, 0.2) is 11.5 Å². The molecule has 2 N–H and O–H groups in total. The highest BCUT2D eigenvalue weighted by Crippen LogP contribution is 2.07. The molecule has 1 rings (SSSR count). The fourth-order valence-electron chi connectivity index (χ4n) is 1.61. The summed E-state index contributed by atoms with van der Waals surface area (Å²) >= 11 is 0. The molecule has 0 amide bonds. The van der Waals surface area contributed by atoms with Gasteiger partial charge in [-0.25, -0.2) is 8.42 Å². The molecule has 1 heterocycles. The van der Waals surface area contributed by atoms with Crippen LogP contribution < -0.4 is 5.32 Å². The Balaban J connectivity index is 2.03. The first-order chi connectivity index (χ1) is 8.89. The Kier molecular flexibility index (Phi) is 6.95. The van der Waals surface area contributed by atoms with Crippen molar-refractivity contribution in [3.8, 4) is 0 Å². The van der Waals surface area contributed by atoms with E-state index in [-0.39, 0.29) is 24.5 Å². The summed E-state index contributed by atoms with van der Waals surface area (Å²) in [5.41, 5.74) is 0. The zero-order valence-electron chi connectivity index (χ0n) is 11.4. The average Bonchev–Trinajstić information content (AvgIpc) is 2.65. The van der Waals surface area contributed by atoms with Gasteiger partial charge in [-0.15, -0.1) is 0 Å². The molecule has 0 bridgehead atoms. The standard InChI is InChI=1S/C12H23NO5S/c1-10(2)18-5-4-17-8-12(14)7-13-11-3-6-19(15,16)9-11/h3,6,10-14H,4-5,7-9H2,1-2H3. The van der Waals surface area contributed by atoms with E-state index in [0.29, 0.717) is 19.8 Å². The first kappa shape index (κ1) is 16.6. The predicted octanol–water partition coefficient (Wildman–Crippen LogP) is -0.311. The zero-order chi connectivity index (χ0) is 14.3. The molecule has 19 heavy (non-hydrogen) atoms. The fourth-order valence-corrected chi connectivity index (χ4v) is 2.88. The summed E-state index contributed by atoms with van der Waals surface area (Å²) in [4.78, 5) is 0. The number of aliphatic hydroxyl groups is 1. The van der Waals surface area contributed by atoms with Crippen LogP contribution >= 0.6 is 0 Å². The molecule has 0 radical (unpaired) electrons. The summed E-state index contributed by atoms with van der Waals surface area (Å²) in [5, 5.41) is 13.8. The summed E-state index contributed by atoms with van der Waals surface area (Å²) < 4.78 is 32.9. The molecule has 1 aliphatic rings. The molecule has 2 unspecified atom stereocenters. The molecule has 112 valence electrons. The smallest absolute Gasteiger partial charge is 0.173 e. The lowest BCUT2D eigenvalue weighted by Gasteiger charge is -2.15. The molecule has 7 heteroatoms. The second kappa shape index (κ2) is 7.96. The molecule has 1 aliphatic heterocycles. The maximum absolute atomic E-state index is 11.2. The van der Waals surface area contributed by atoms with Crippen molar-refractivity contribution in [2.75, 3.05) is 32.1 Å². The molecular weight excluding hydrogens is 270 g/mol. The number of hydrogen-bond acceptors (Lipinski definition) is 6. The van der Waals surface area contributed by atoms with Crippen LogP contribution in [-0.4, -0.2) is 63.9 Å². The third-order valence-corrected chi connectivity index (χ3v) is 3.93. The maximum Gasteiger partial charge on any atom is 0.173 e. The summed E-state index contributed by atoms with van der Waals surface area (Å²) in [6.07, 6.45) is 1.11. The Labute approximate surface area is 114 Å². The van der Waals surface area contributed by atoms with Crippen molar-refractivity contribution >= 4 is 9.84 Å². The van der Waals surface area contributed by atoms with Crippen LogP contribution in [0, 0.1) is 0 Å². The van der Waals surface area contributed by atoms with Gasteiger partial charge in [-0.05, 0) is 13.8 Å². The molecule has 0 spiro atoms. The highest BCUT2D eigenvalue weighted by atomic mass is 32.2. The molecular formula is C12H23NO5S. The van der Waals surface area contributed by atoms with Crippen LogP contribution in [0.25, 0.3) is 0 Å². The van der Waals surface area contributed by atoms with E-state index in [0.717, 1.165) is 0 Å². The summed E-state index contributed by atoms with van der Waals surface area (Å²) in [7, 11) is -3.05. The van der Waals surface area contributed by atoms with E-state index in [1.807, 2.05) is 13.8 Å². The highest BCUT2D eigenvalue weighted by molar-refractivity contribution is 7.94. The number of ether oxygens (including phenoxy) is 2. The molecule has 0 aromatic heterocycles. The number of hydrogen-bond donors (Lipinski definition) is 2. The Bertz CT molecular complexity index is 380. The van der Waals surface area contributed by atoms with Gasteiger partial charge < -0.3 is 19.9 Å². The lowest BCUT2D eigenvalue weighted by Crippen LogP contribution is -2.38. The van der Waals surface area contributed by atoms with Crippen LogP contribution in [0.1, 0.15) is 13.8 Å². The van der Waals surface area contributed by atoms with E-state index in [9.17, 15) is 13.5 Å². The van der Waals surface area contributed by atoms with E-state index in [4.69, 9.17) is 9.47 Å². The highest BCUT2D eigenvalue weighted by Gasteiger charge is 2.21. The van der Waals surface area contributed by atoms with Crippen LogP contribution in [0.3, 0.4) is 0 Å². The Hall–Kier alpha value is -0.470. The molecule has 0 aromatic rings. The molecule has 0 aliphatic carbocycles. The van der Waals surface area contributed by atoms with Gasteiger partial charge in [-0.2, -0.15) is 0 Å². The van der Waals surface area contributed by atoms with Crippen LogP contribution in [0.5, 0.6) is 0 Å². The lowest BCUT2D eigenvalue weighted by atomic mass is 10.3. The normalized spacial score (nSPS) is 23.1. The van der Waals surface area contributed by atoms with Gasteiger partial charge in [0.25, 0.3) is 0 Å². The van der Waals surface area contributed by atoms with E-state index in [2.05, 4.69) is 5.32 Å². The largest absolute Gasteiger partial charge is 0.389 e. The summed E-state index contributed by atoms with van der Waals surface area (Å²) in [6.45, 7) is 5.34. The van der Waals surface area contributed by atoms with Gasteiger partial charge in [-0.3, -0.25) is 0 Å². The van der Waals surface area contributed by atoms with Crippen molar-refractivity contribution in [3.05, 3.63) is 11.5 Å². The predicted molar refractivity (Wildman–Crippen MR) is 72.6 cm³/mol. The number of sulfone groups is 1. The lowest BCUT2D eigenvalue weighted by molar-refractivity contribution is -0.0101. The van der Waals surface area contributed by atoms with E-state index in [1.54, 1.807) is 6.08 Å². The van der Waals surface area contributed by atoms with E-state index < -0.39 is 15.9 Å². The van der Waals surface area contributed by atoms with E-state index in [1.165, 1.54) is 5.41 Å². The Morgan fingerprint density at radius 2 is 2.16 bits per heavy atom. The van der Waals surface area contributed by atoms with Crippen molar-refractivity contribution in [2.24, 2.45) is 0 Å². The van der Waals surface area contributed by atoms with Crippen LogP contribution in [-0.2, 0) is 19.3 Å². The van der Waals surface area contributed by atoms with Crippen molar-refractivity contribution in [1.29, 1.82) is 0 Å². The SMILES string of the molecule is CC(C)OCCOCC(O)CNC1C=CS(=O)(=O)C1. The first-order valence-electron chi connectivity index (χ1n) is 6.41. The number of aliphatic hydroxyl groups excluding tert-OH is 1. The minimum atomic E-state index is -3.05. The van der Waals surface area contributed by atoms with Gasteiger partial charge in [0.05, 0.1) is 37.8 Å². The van der Waals surface area contributed by atoms with Gasteiger partial charge >= 0.3 is 0 Å². The Morgan fingerprint density at radius 1 is 1.42 bits per heavy atom. The van der Waals surface area contributed by atoms with Crippen molar-refractivity contribution in [2.45, 2.75) is 32.1 Å². The summed E-state index contributed by atoms with van der Waals surface area (Å²) in [5.74, 6) is 0.0583. The third-order valence-electron chi connectivity index (χ3n) is 2.53. The van der Waals surface area contributed by atoms with Crippen molar-refractivity contribution in [1.82, 2.24) is 5.32 Å². The molecule has 2 atom stereocenters. The van der Waals surface area contributed by atoms with Gasteiger partial charge in [-0.1, -0.05) is 6.08 Å². The molecule has 0 aromatic carbocycles. The number of nitrogens with one attached hydrogen (secondary N) is 1. The van der Waals surface area contributed by atoms with Crippen LogP contribution in [0.2, 0.25) is 0 Å². The fraction of sp³-hybridized carbons (Fsp3) is 0.833. The molecule has 0 fully saturated rings. The maximum atomic E-state index is 11.2. The quantitative estimate of drug-likeness (QED) is 0.567. The zero-order valence-corrected chi connectivity index (χ0v) is 12.2. The average molecular weight is 293 g/mol. The third kappa shape index (κ3) is 7.64. The minimum absolute atomic E-state index is 0.0583. The van der Waals surface area contributed by atoms with E-state index >= 15 is 0 Å². The minimum Gasteiger partial charge on any atom is -0.389 e. The molecule has 0 saturated heterocycles. The van der Waals surface area contributed by atoms with Crippen molar-refractivity contribution < 1.29 is 23.0 Å².